The number of fused-ring (bicyclic) bond motifs is 1. The number of piperidine rings is 1. The van der Waals surface area contributed by atoms with E-state index < -0.39 is 10.0 Å². The van der Waals surface area contributed by atoms with Crippen molar-refractivity contribution in [3.8, 4) is 0 Å². The van der Waals surface area contributed by atoms with Gasteiger partial charge in [0.2, 0.25) is 10.0 Å². The summed E-state index contributed by atoms with van der Waals surface area (Å²) in [5.74, 6) is 0. The molecule has 5 nitrogen and oxygen atoms in total. The van der Waals surface area contributed by atoms with Crippen molar-refractivity contribution in [2.75, 3.05) is 6.54 Å². The lowest BCUT2D eigenvalue weighted by Gasteiger charge is -2.37. The molecule has 0 unspecified atom stereocenters. The molecule has 1 aromatic carbocycles. The van der Waals surface area contributed by atoms with Crippen molar-refractivity contribution in [2.45, 2.75) is 50.1 Å². The van der Waals surface area contributed by atoms with E-state index >= 15 is 0 Å². The van der Waals surface area contributed by atoms with Crippen LogP contribution in [-0.2, 0) is 10.0 Å². The first-order valence-electron chi connectivity index (χ1n) is 8.04. The molecule has 2 heterocycles. The van der Waals surface area contributed by atoms with Gasteiger partial charge < -0.3 is 5.73 Å². The van der Waals surface area contributed by atoms with E-state index in [2.05, 4.69) is 4.98 Å². The molecular formula is C17H23N3O2S. The third-order valence-electron chi connectivity index (χ3n) is 4.62. The second kappa shape index (κ2) is 6.19. The zero-order valence-electron chi connectivity index (χ0n) is 13.6. The van der Waals surface area contributed by atoms with Gasteiger partial charge in [-0.25, -0.2) is 8.42 Å². The van der Waals surface area contributed by atoms with Crippen molar-refractivity contribution >= 4 is 20.9 Å². The number of sulfonamides is 1. The fourth-order valence-electron chi connectivity index (χ4n) is 3.39. The molecule has 1 fully saturated rings. The lowest BCUT2D eigenvalue weighted by molar-refractivity contribution is 0.227. The lowest BCUT2D eigenvalue weighted by atomic mass is 10.00. The van der Waals surface area contributed by atoms with Crippen molar-refractivity contribution in [1.29, 1.82) is 0 Å². The Morgan fingerprint density at radius 1 is 1.30 bits per heavy atom. The zero-order chi connectivity index (χ0) is 16.6. The summed E-state index contributed by atoms with van der Waals surface area (Å²) in [7, 11) is -3.59. The summed E-state index contributed by atoms with van der Waals surface area (Å²) < 4.78 is 28.1. The molecule has 124 valence electrons. The van der Waals surface area contributed by atoms with Crippen LogP contribution in [0.3, 0.4) is 0 Å². The van der Waals surface area contributed by atoms with Crippen molar-refractivity contribution in [3.05, 3.63) is 36.0 Å². The normalized spacial score (nSPS) is 21.4. The maximum atomic E-state index is 13.3. The van der Waals surface area contributed by atoms with Crippen molar-refractivity contribution < 1.29 is 8.42 Å². The van der Waals surface area contributed by atoms with E-state index in [9.17, 15) is 8.42 Å². The van der Waals surface area contributed by atoms with Crippen LogP contribution in [0.1, 0.15) is 31.7 Å². The van der Waals surface area contributed by atoms with E-state index in [0.29, 0.717) is 16.8 Å². The highest BCUT2D eigenvalue weighted by molar-refractivity contribution is 7.89. The van der Waals surface area contributed by atoms with E-state index in [4.69, 9.17) is 5.73 Å². The van der Waals surface area contributed by atoms with Gasteiger partial charge in [0.25, 0.3) is 0 Å². The van der Waals surface area contributed by atoms with Crippen LogP contribution in [0, 0.1) is 6.92 Å². The highest BCUT2D eigenvalue weighted by atomic mass is 32.2. The molecule has 2 aromatic rings. The van der Waals surface area contributed by atoms with Crippen LogP contribution in [-0.4, -0.2) is 36.3 Å². The number of pyridine rings is 1. The predicted molar refractivity (Wildman–Crippen MR) is 91.7 cm³/mol. The van der Waals surface area contributed by atoms with E-state index in [1.807, 2.05) is 26.0 Å². The Bertz CT molecular complexity index is 818. The molecular weight excluding hydrogens is 310 g/mol. The van der Waals surface area contributed by atoms with Crippen molar-refractivity contribution in [2.24, 2.45) is 5.73 Å². The van der Waals surface area contributed by atoms with Crippen LogP contribution in [0.4, 0.5) is 0 Å². The summed E-state index contributed by atoms with van der Waals surface area (Å²) in [5.41, 5.74) is 7.76. The Labute approximate surface area is 137 Å². The summed E-state index contributed by atoms with van der Waals surface area (Å²) >= 11 is 0. The number of nitrogens with zero attached hydrogens (tertiary/aromatic N) is 2. The fraction of sp³-hybridized carbons (Fsp3) is 0.471. The van der Waals surface area contributed by atoms with Gasteiger partial charge in [0.15, 0.2) is 0 Å². The van der Waals surface area contributed by atoms with Crippen LogP contribution >= 0.6 is 0 Å². The molecule has 3 rings (SSSR count). The standard InChI is InChI=1S/C17H23N3O2S/c1-12-8-9-16(14-6-5-10-19-17(12)14)23(21,22)20-11-4-3-7-15(20)13(2)18/h5-6,8-10,13,15H,3-4,7,11,18H2,1-2H3/t13-,15-/m1/s1. The monoisotopic (exact) mass is 333 g/mol. The van der Waals surface area contributed by atoms with Gasteiger partial charge in [0, 0.05) is 30.2 Å². The lowest BCUT2D eigenvalue weighted by Crippen LogP contribution is -2.51. The number of rotatable bonds is 3. The van der Waals surface area contributed by atoms with E-state index in [0.717, 1.165) is 30.3 Å². The summed E-state index contributed by atoms with van der Waals surface area (Å²) in [5, 5.41) is 0.682. The third-order valence-corrected chi connectivity index (χ3v) is 6.61. The van der Waals surface area contributed by atoms with Gasteiger partial charge in [-0.1, -0.05) is 12.5 Å². The Morgan fingerprint density at radius 2 is 2.09 bits per heavy atom. The van der Waals surface area contributed by atoms with Gasteiger partial charge in [-0.2, -0.15) is 4.31 Å². The molecule has 0 aliphatic carbocycles. The van der Waals surface area contributed by atoms with Crippen LogP contribution in [0.5, 0.6) is 0 Å². The number of hydrogen-bond acceptors (Lipinski definition) is 4. The maximum Gasteiger partial charge on any atom is 0.244 e. The summed E-state index contributed by atoms with van der Waals surface area (Å²) in [6.45, 7) is 4.36. The van der Waals surface area contributed by atoms with Gasteiger partial charge >= 0.3 is 0 Å². The van der Waals surface area contributed by atoms with Crippen LogP contribution in [0.25, 0.3) is 10.9 Å². The summed E-state index contributed by atoms with van der Waals surface area (Å²) in [6.07, 6.45) is 4.41. The second-order valence-electron chi connectivity index (χ2n) is 6.32. The summed E-state index contributed by atoms with van der Waals surface area (Å²) in [6, 6.07) is 6.81. The number of benzene rings is 1. The average molecular weight is 333 g/mol. The van der Waals surface area contributed by atoms with Gasteiger partial charge in [-0.3, -0.25) is 4.98 Å². The Morgan fingerprint density at radius 3 is 2.83 bits per heavy atom. The Kier molecular flexibility index (Phi) is 4.40. The topological polar surface area (TPSA) is 76.3 Å². The molecule has 1 aliphatic heterocycles. The first-order valence-corrected chi connectivity index (χ1v) is 9.48. The molecule has 0 radical (unpaired) electrons. The molecule has 0 saturated carbocycles. The van der Waals surface area contributed by atoms with E-state index in [-0.39, 0.29) is 12.1 Å². The van der Waals surface area contributed by atoms with Gasteiger partial charge in [-0.15, -0.1) is 0 Å². The van der Waals surface area contributed by atoms with E-state index in [1.54, 1.807) is 22.6 Å². The average Bonchev–Trinajstić information content (AvgIpc) is 2.55. The van der Waals surface area contributed by atoms with Crippen LogP contribution < -0.4 is 5.73 Å². The van der Waals surface area contributed by atoms with Gasteiger partial charge in [0.1, 0.15) is 0 Å². The molecule has 2 N–H and O–H groups in total. The molecule has 1 saturated heterocycles. The van der Waals surface area contributed by atoms with Gasteiger partial charge in [-0.05, 0) is 50.5 Å². The van der Waals surface area contributed by atoms with Crippen LogP contribution in [0.2, 0.25) is 0 Å². The molecule has 0 bridgehead atoms. The molecule has 0 amide bonds. The highest BCUT2D eigenvalue weighted by Crippen LogP contribution is 2.31. The minimum Gasteiger partial charge on any atom is -0.326 e. The minimum absolute atomic E-state index is 0.137. The molecule has 23 heavy (non-hydrogen) atoms. The quantitative estimate of drug-likeness (QED) is 0.936. The fourth-order valence-corrected chi connectivity index (χ4v) is 5.35. The third kappa shape index (κ3) is 2.86. The largest absolute Gasteiger partial charge is 0.326 e. The first-order chi connectivity index (χ1) is 10.9. The number of nitrogens with two attached hydrogens (primary N) is 1. The van der Waals surface area contributed by atoms with Crippen molar-refractivity contribution in [1.82, 2.24) is 9.29 Å². The maximum absolute atomic E-state index is 13.3. The second-order valence-corrected chi connectivity index (χ2v) is 8.18. The number of hydrogen-bond donors (Lipinski definition) is 1. The molecule has 2 atom stereocenters. The first kappa shape index (κ1) is 16.4. The number of aromatic nitrogens is 1. The zero-order valence-corrected chi connectivity index (χ0v) is 14.4. The predicted octanol–water partition coefficient (Wildman–Crippen LogP) is 2.43. The number of aryl methyl sites for hydroxylation is 1. The Hall–Kier alpha value is -1.50. The molecule has 1 aromatic heterocycles. The molecule has 6 heteroatoms. The Balaban J connectivity index is 2.15. The smallest absolute Gasteiger partial charge is 0.244 e. The molecule has 0 spiro atoms. The highest BCUT2D eigenvalue weighted by Gasteiger charge is 2.36. The van der Waals surface area contributed by atoms with Gasteiger partial charge in [0.05, 0.1) is 10.4 Å². The van der Waals surface area contributed by atoms with Crippen molar-refractivity contribution in [3.63, 3.8) is 0 Å². The minimum atomic E-state index is -3.59. The van der Waals surface area contributed by atoms with E-state index in [1.165, 1.54) is 0 Å². The molecule has 1 aliphatic rings. The SMILES string of the molecule is Cc1ccc(S(=O)(=O)N2CCCC[C@@H]2[C@@H](C)N)c2cccnc12. The summed E-state index contributed by atoms with van der Waals surface area (Å²) in [4.78, 5) is 4.68. The van der Waals surface area contributed by atoms with Crippen LogP contribution in [0.15, 0.2) is 35.4 Å².